The Kier molecular flexibility index (Phi) is 6.32. The molecular weight excluding hydrogens is 434 g/mol. The second-order valence-electron chi connectivity index (χ2n) is 8.19. The number of carboxylic acid groups (broad SMARTS) is 1. The molecule has 34 heavy (non-hydrogen) atoms. The molecule has 176 valence electrons. The van der Waals surface area contributed by atoms with Crippen LogP contribution in [0.2, 0.25) is 0 Å². The summed E-state index contributed by atoms with van der Waals surface area (Å²) in [5.74, 6) is 0.295. The van der Waals surface area contributed by atoms with E-state index in [4.69, 9.17) is 14.6 Å². The number of aryl methyl sites for hydroxylation is 3. The molecule has 1 aromatic heterocycles. The average Bonchev–Trinajstić information content (AvgIpc) is 3.05. The number of aromatic carboxylic acids is 1. The number of carboxylic acids is 1. The van der Waals surface area contributed by atoms with Crippen LogP contribution in [0.15, 0.2) is 59.4 Å². The summed E-state index contributed by atoms with van der Waals surface area (Å²) >= 11 is 0. The van der Waals surface area contributed by atoms with E-state index in [2.05, 4.69) is 5.32 Å². The molecule has 8 nitrogen and oxygen atoms in total. The maximum absolute atomic E-state index is 12.1. The van der Waals surface area contributed by atoms with Crippen molar-refractivity contribution in [3.8, 4) is 11.5 Å². The molecule has 0 atom stereocenters. The second-order valence-corrected chi connectivity index (χ2v) is 8.19. The summed E-state index contributed by atoms with van der Waals surface area (Å²) in [6.07, 6.45) is 0. The van der Waals surface area contributed by atoms with Crippen molar-refractivity contribution in [3.05, 3.63) is 87.3 Å². The van der Waals surface area contributed by atoms with E-state index in [1.807, 2.05) is 43.3 Å². The normalized spacial score (nSPS) is 10.9. The van der Waals surface area contributed by atoms with Crippen molar-refractivity contribution in [2.45, 2.75) is 20.1 Å². The molecule has 0 radical (unpaired) electrons. The van der Waals surface area contributed by atoms with Crippen molar-refractivity contribution in [2.75, 3.05) is 12.4 Å². The van der Waals surface area contributed by atoms with Crippen LogP contribution in [0, 0.1) is 6.92 Å². The number of ether oxygens (including phenoxy) is 2. The summed E-state index contributed by atoms with van der Waals surface area (Å²) in [5.41, 5.74) is 5.60. The van der Waals surface area contributed by atoms with Gasteiger partial charge in [0.25, 0.3) is 0 Å². The number of aromatic nitrogens is 2. The Balaban J connectivity index is 1.45. The number of fused-ring (bicyclic) bond motifs is 1. The first-order chi connectivity index (χ1) is 16.3. The number of carbonyl (C=O) groups is 1. The number of imidazole rings is 1. The zero-order valence-corrected chi connectivity index (χ0v) is 19.6. The third-order valence-corrected chi connectivity index (χ3v) is 5.92. The highest BCUT2D eigenvalue weighted by atomic mass is 16.5. The zero-order valence-electron chi connectivity index (χ0n) is 19.6. The van der Waals surface area contributed by atoms with Gasteiger partial charge in [0.2, 0.25) is 0 Å². The molecule has 4 rings (SSSR count). The Bertz CT molecular complexity index is 1430. The Morgan fingerprint density at radius 2 is 1.68 bits per heavy atom. The Morgan fingerprint density at radius 1 is 0.941 bits per heavy atom. The van der Waals surface area contributed by atoms with E-state index in [1.165, 1.54) is 0 Å². The molecule has 0 bridgehead atoms. The minimum absolute atomic E-state index is 0.0630. The number of rotatable bonds is 8. The number of anilines is 1. The van der Waals surface area contributed by atoms with E-state index in [1.54, 1.807) is 48.5 Å². The average molecular weight is 462 g/mol. The SMILES string of the molecule is COc1cc(CNc2ccc(C(=O)O)cc2C)ccc1OCc1ccc2c(c1)n(C)c(=O)n2C. The fourth-order valence-corrected chi connectivity index (χ4v) is 3.94. The molecule has 2 N–H and O–H groups in total. The minimum Gasteiger partial charge on any atom is -0.493 e. The molecule has 0 aliphatic rings. The summed E-state index contributed by atoms with van der Waals surface area (Å²) < 4.78 is 14.8. The van der Waals surface area contributed by atoms with Gasteiger partial charge in [-0.25, -0.2) is 9.59 Å². The van der Waals surface area contributed by atoms with Crippen LogP contribution in [-0.4, -0.2) is 27.3 Å². The highest BCUT2D eigenvalue weighted by molar-refractivity contribution is 5.88. The predicted octanol–water partition coefficient (Wildman–Crippen LogP) is 4.08. The van der Waals surface area contributed by atoms with E-state index in [0.717, 1.165) is 33.4 Å². The maximum Gasteiger partial charge on any atom is 0.335 e. The van der Waals surface area contributed by atoms with Crippen LogP contribution in [0.4, 0.5) is 5.69 Å². The molecule has 0 aliphatic heterocycles. The molecule has 0 spiro atoms. The molecule has 3 aromatic carbocycles. The van der Waals surface area contributed by atoms with Gasteiger partial charge in [0.05, 0.1) is 23.7 Å². The van der Waals surface area contributed by atoms with Gasteiger partial charge in [0, 0.05) is 26.3 Å². The Morgan fingerprint density at radius 3 is 2.38 bits per heavy atom. The van der Waals surface area contributed by atoms with Crippen molar-refractivity contribution in [1.82, 2.24) is 9.13 Å². The molecule has 0 fully saturated rings. The van der Waals surface area contributed by atoms with Gasteiger partial charge in [0.1, 0.15) is 6.61 Å². The first-order valence-electron chi connectivity index (χ1n) is 10.8. The molecule has 0 saturated heterocycles. The summed E-state index contributed by atoms with van der Waals surface area (Å²) in [6.45, 7) is 2.75. The lowest BCUT2D eigenvalue weighted by molar-refractivity contribution is 0.0697. The van der Waals surface area contributed by atoms with Crippen molar-refractivity contribution in [3.63, 3.8) is 0 Å². The van der Waals surface area contributed by atoms with Crippen molar-refractivity contribution in [2.24, 2.45) is 14.1 Å². The van der Waals surface area contributed by atoms with Gasteiger partial charge in [-0.1, -0.05) is 12.1 Å². The Hall–Kier alpha value is -4.20. The largest absolute Gasteiger partial charge is 0.493 e. The van der Waals surface area contributed by atoms with Crippen LogP contribution < -0.4 is 20.5 Å². The number of nitrogens with zero attached hydrogens (tertiary/aromatic N) is 2. The first kappa shape index (κ1) is 23.0. The molecule has 8 heteroatoms. The lowest BCUT2D eigenvalue weighted by Gasteiger charge is -2.14. The number of nitrogens with one attached hydrogen (secondary N) is 1. The van der Waals surface area contributed by atoms with Crippen LogP contribution in [0.3, 0.4) is 0 Å². The highest BCUT2D eigenvalue weighted by Crippen LogP contribution is 2.30. The molecule has 4 aromatic rings. The van der Waals surface area contributed by atoms with Gasteiger partial charge in [-0.15, -0.1) is 0 Å². The number of methoxy groups -OCH3 is 1. The molecule has 1 heterocycles. The van der Waals surface area contributed by atoms with Gasteiger partial charge >= 0.3 is 11.7 Å². The van der Waals surface area contributed by atoms with E-state index < -0.39 is 5.97 Å². The fourth-order valence-electron chi connectivity index (χ4n) is 3.94. The summed E-state index contributed by atoms with van der Waals surface area (Å²) in [7, 11) is 5.11. The number of benzene rings is 3. The Labute approximate surface area is 197 Å². The predicted molar refractivity (Wildman–Crippen MR) is 131 cm³/mol. The lowest BCUT2D eigenvalue weighted by atomic mass is 10.1. The van der Waals surface area contributed by atoms with E-state index >= 15 is 0 Å². The quantitative estimate of drug-likeness (QED) is 0.411. The standard InChI is InChI=1S/C26H27N3O5/c1-16-11-19(25(30)31)7-8-20(16)27-14-17-6-10-23(24(13-17)33-4)34-15-18-5-9-21-22(12-18)29(3)26(32)28(21)2/h5-13,27H,14-15H2,1-4H3,(H,30,31). The van der Waals surface area contributed by atoms with Crippen LogP contribution in [0.1, 0.15) is 27.0 Å². The van der Waals surface area contributed by atoms with Gasteiger partial charge in [-0.3, -0.25) is 9.13 Å². The van der Waals surface area contributed by atoms with Gasteiger partial charge in [-0.2, -0.15) is 0 Å². The second kappa shape index (κ2) is 9.35. The molecule has 0 amide bonds. The first-order valence-corrected chi connectivity index (χ1v) is 10.8. The number of hydrogen-bond acceptors (Lipinski definition) is 5. The van der Waals surface area contributed by atoms with Crippen LogP contribution in [-0.2, 0) is 27.2 Å². The minimum atomic E-state index is -0.942. The van der Waals surface area contributed by atoms with Gasteiger partial charge < -0.3 is 19.9 Å². The zero-order chi connectivity index (χ0) is 24.4. The highest BCUT2D eigenvalue weighted by Gasteiger charge is 2.11. The van der Waals surface area contributed by atoms with Crippen molar-refractivity contribution in [1.29, 1.82) is 0 Å². The van der Waals surface area contributed by atoms with Crippen molar-refractivity contribution < 1.29 is 19.4 Å². The third-order valence-electron chi connectivity index (χ3n) is 5.92. The van der Waals surface area contributed by atoms with Crippen LogP contribution >= 0.6 is 0 Å². The van der Waals surface area contributed by atoms with Crippen LogP contribution in [0.25, 0.3) is 11.0 Å². The molecule has 0 aliphatic carbocycles. The van der Waals surface area contributed by atoms with E-state index in [-0.39, 0.29) is 11.3 Å². The van der Waals surface area contributed by atoms with Crippen LogP contribution in [0.5, 0.6) is 11.5 Å². The summed E-state index contributed by atoms with van der Waals surface area (Å²) in [5, 5.41) is 12.5. The van der Waals surface area contributed by atoms with E-state index in [9.17, 15) is 9.59 Å². The molecular formula is C26H27N3O5. The fraction of sp³-hybridized carbons (Fsp3) is 0.231. The van der Waals surface area contributed by atoms with E-state index in [0.29, 0.717) is 24.7 Å². The number of hydrogen-bond donors (Lipinski definition) is 2. The molecule has 0 saturated carbocycles. The topological polar surface area (TPSA) is 94.7 Å². The monoisotopic (exact) mass is 461 g/mol. The smallest absolute Gasteiger partial charge is 0.335 e. The van der Waals surface area contributed by atoms with Gasteiger partial charge in [-0.05, 0) is 66.1 Å². The lowest BCUT2D eigenvalue weighted by Crippen LogP contribution is -2.19. The maximum atomic E-state index is 12.1. The third kappa shape index (κ3) is 4.47. The molecule has 0 unspecified atom stereocenters. The summed E-state index contributed by atoms with van der Waals surface area (Å²) in [4.78, 5) is 23.3. The van der Waals surface area contributed by atoms with Crippen molar-refractivity contribution >= 4 is 22.7 Å². The van der Waals surface area contributed by atoms with Gasteiger partial charge in [0.15, 0.2) is 11.5 Å². The summed E-state index contributed by atoms with van der Waals surface area (Å²) in [6, 6.07) is 16.6.